The normalized spacial score (nSPS) is 14.5. The van der Waals surface area contributed by atoms with E-state index in [4.69, 9.17) is 0 Å². The van der Waals surface area contributed by atoms with Crippen LogP contribution in [-0.4, -0.2) is 45.5 Å². The molecule has 6 nitrogen and oxygen atoms in total. The number of carbonyl (C=O) groups excluding carboxylic acids is 2. The molecule has 1 aliphatic carbocycles. The van der Waals surface area contributed by atoms with Crippen molar-refractivity contribution in [3.63, 3.8) is 0 Å². The summed E-state index contributed by atoms with van der Waals surface area (Å²) in [5, 5.41) is 2.94. The van der Waals surface area contributed by atoms with Crippen LogP contribution in [0.4, 0.5) is 0 Å². The standard InChI is InChI=1S/C24H28N4O2S/c1-28(17-9-3-2-4-10-17)23(29)16-31-21-14-8-5-11-18(21)24(30)25-15-22-26-19-12-6-7-13-20(19)27-22/h5-8,11-14,17H,2-4,9-10,15-16H2,1H3,(H,25,30)(H,26,27). The van der Waals surface area contributed by atoms with Crippen LogP contribution in [0, 0.1) is 0 Å². The van der Waals surface area contributed by atoms with E-state index >= 15 is 0 Å². The molecule has 3 aromatic rings. The Morgan fingerprint density at radius 2 is 1.84 bits per heavy atom. The third-order valence-electron chi connectivity index (χ3n) is 5.85. The Morgan fingerprint density at radius 3 is 2.65 bits per heavy atom. The van der Waals surface area contributed by atoms with Gasteiger partial charge in [-0.25, -0.2) is 4.98 Å². The van der Waals surface area contributed by atoms with E-state index in [-0.39, 0.29) is 11.8 Å². The first kappa shape index (κ1) is 21.4. The maximum atomic E-state index is 12.8. The smallest absolute Gasteiger partial charge is 0.252 e. The van der Waals surface area contributed by atoms with Crippen molar-refractivity contribution < 1.29 is 9.59 Å². The van der Waals surface area contributed by atoms with Gasteiger partial charge in [0.1, 0.15) is 5.82 Å². The molecule has 0 unspecified atom stereocenters. The highest BCUT2D eigenvalue weighted by atomic mass is 32.2. The van der Waals surface area contributed by atoms with Crippen molar-refractivity contribution in [1.29, 1.82) is 0 Å². The lowest BCUT2D eigenvalue weighted by molar-refractivity contribution is -0.129. The van der Waals surface area contributed by atoms with E-state index in [0.29, 0.717) is 29.7 Å². The summed E-state index contributed by atoms with van der Waals surface area (Å²) in [5.41, 5.74) is 2.41. The molecule has 0 spiro atoms. The van der Waals surface area contributed by atoms with Gasteiger partial charge in [-0.1, -0.05) is 43.5 Å². The zero-order valence-corrected chi connectivity index (χ0v) is 18.6. The molecule has 1 fully saturated rings. The third kappa shape index (κ3) is 5.28. The summed E-state index contributed by atoms with van der Waals surface area (Å²) in [4.78, 5) is 35.9. The van der Waals surface area contributed by atoms with E-state index in [0.717, 1.165) is 28.8 Å². The largest absolute Gasteiger partial charge is 0.345 e. The van der Waals surface area contributed by atoms with Gasteiger partial charge in [0.15, 0.2) is 0 Å². The highest BCUT2D eigenvalue weighted by Gasteiger charge is 2.22. The topological polar surface area (TPSA) is 78.1 Å². The minimum absolute atomic E-state index is 0.120. The number of nitrogens with zero attached hydrogens (tertiary/aromatic N) is 2. The van der Waals surface area contributed by atoms with E-state index in [2.05, 4.69) is 15.3 Å². The molecule has 2 amide bonds. The van der Waals surface area contributed by atoms with Gasteiger partial charge in [-0.05, 0) is 37.1 Å². The molecule has 1 saturated carbocycles. The number of carbonyl (C=O) groups is 2. The highest BCUT2D eigenvalue weighted by Crippen LogP contribution is 2.26. The number of benzene rings is 2. The summed E-state index contributed by atoms with van der Waals surface area (Å²) in [6.45, 7) is 0.315. The molecular weight excluding hydrogens is 408 g/mol. The molecule has 0 bridgehead atoms. The first-order valence-corrected chi connectivity index (χ1v) is 11.8. The molecule has 162 valence electrons. The summed E-state index contributed by atoms with van der Waals surface area (Å²) in [7, 11) is 1.91. The SMILES string of the molecule is CN(C(=O)CSc1ccccc1C(=O)NCc1nc2ccccc2[nH]1)C1CCCCC1. The number of para-hydroxylation sites is 2. The summed E-state index contributed by atoms with van der Waals surface area (Å²) < 4.78 is 0. The Hall–Kier alpha value is -2.80. The molecule has 31 heavy (non-hydrogen) atoms. The van der Waals surface area contributed by atoms with Crippen molar-refractivity contribution >= 4 is 34.6 Å². The van der Waals surface area contributed by atoms with Crippen molar-refractivity contribution in [2.45, 2.75) is 49.6 Å². The number of nitrogens with one attached hydrogen (secondary N) is 2. The van der Waals surface area contributed by atoms with Gasteiger partial charge in [-0.3, -0.25) is 9.59 Å². The number of aromatic nitrogens is 2. The van der Waals surface area contributed by atoms with E-state index < -0.39 is 0 Å². The van der Waals surface area contributed by atoms with Crippen LogP contribution in [-0.2, 0) is 11.3 Å². The second-order valence-electron chi connectivity index (χ2n) is 7.96. The highest BCUT2D eigenvalue weighted by molar-refractivity contribution is 8.00. The number of hydrogen-bond acceptors (Lipinski definition) is 4. The number of aromatic amines is 1. The lowest BCUT2D eigenvalue weighted by Gasteiger charge is -2.31. The zero-order chi connectivity index (χ0) is 21.6. The summed E-state index contributed by atoms with van der Waals surface area (Å²) >= 11 is 1.43. The Labute approximate surface area is 186 Å². The fraction of sp³-hybridized carbons (Fsp3) is 0.375. The number of amides is 2. The molecular formula is C24H28N4O2S. The number of imidazole rings is 1. The Kier molecular flexibility index (Phi) is 6.92. The predicted molar refractivity (Wildman–Crippen MR) is 124 cm³/mol. The Balaban J connectivity index is 1.35. The van der Waals surface area contributed by atoms with E-state index in [1.165, 1.54) is 31.0 Å². The molecule has 1 heterocycles. The molecule has 4 rings (SSSR count). The van der Waals surface area contributed by atoms with Crippen LogP contribution < -0.4 is 5.32 Å². The van der Waals surface area contributed by atoms with Crippen molar-refractivity contribution in [3.05, 3.63) is 59.9 Å². The maximum Gasteiger partial charge on any atom is 0.252 e. The number of rotatable bonds is 7. The van der Waals surface area contributed by atoms with Crippen LogP contribution in [0.5, 0.6) is 0 Å². The quantitative estimate of drug-likeness (QED) is 0.539. The maximum absolute atomic E-state index is 12.8. The summed E-state index contributed by atoms with van der Waals surface area (Å²) in [6.07, 6.45) is 5.85. The van der Waals surface area contributed by atoms with Crippen molar-refractivity contribution in [2.24, 2.45) is 0 Å². The van der Waals surface area contributed by atoms with Crippen molar-refractivity contribution in [3.8, 4) is 0 Å². The van der Waals surface area contributed by atoms with Gasteiger partial charge >= 0.3 is 0 Å². The van der Waals surface area contributed by atoms with Crippen LogP contribution in [0.15, 0.2) is 53.4 Å². The van der Waals surface area contributed by atoms with E-state index in [1.54, 1.807) is 6.07 Å². The van der Waals surface area contributed by atoms with Crippen LogP contribution >= 0.6 is 11.8 Å². The first-order valence-electron chi connectivity index (χ1n) is 10.8. The lowest BCUT2D eigenvalue weighted by Crippen LogP contribution is -2.39. The molecule has 0 aliphatic heterocycles. The number of hydrogen-bond donors (Lipinski definition) is 2. The monoisotopic (exact) mass is 436 g/mol. The average Bonchev–Trinajstić information content (AvgIpc) is 3.24. The van der Waals surface area contributed by atoms with E-state index in [1.807, 2.05) is 54.4 Å². The van der Waals surface area contributed by atoms with Gasteiger partial charge in [0, 0.05) is 18.0 Å². The predicted octanol–water partition coefficient (Wildman–Crippen LogP) is 4.38. The van der Waals surface area contributed by atoms with Crippen LogP contribution in [0.2, 0.25) is 0 Å². The van der Waals surface area contributed by atoms with E-state index in [9.17, 15) is 9.59 Å². The molecule has 1 aliphatic rings. The third-order valence-corrected chi connectivity index (χ3v) is 6.91. The fourth-order valence-corrected chi connectivity index (χ4v) is 5.02. The van der Waals surface area contributed by atoms with Crippen LogP contribution in [0.25, 0.3) is 11.0 Å². The van der Waals surface area contributed by atoms with Gasteiger partial charge in [0.05, 0.1) is 28.9 Å². The molecule has 1 aromatic heterocycles. The molecule has 2 N–H and O–H groups in total. The second-order valence-corrected chi connectivity index (χ2v) is 8.98. The van der Waals surface area contributed by atoms with Gasteiger partial charge in [0.25, 0.3) is 5.91 Å². The van der Waals surface area contributed by atoms with Crippen molar-refractivity contribution in [2.75, 3.05) is 12.8 Å². The number of fused-ring (bicyclic) bond motifs is 1. The van der Waals surface area contributed by atoms with Gasteiger partial charge < -0.3 is 15.2 Å². The first-order chi connectivity index (χ1) is 15.1. The Morgan fingerprint density at radius 1 is 1.10 bits per heavy atom. The van der Waals surface area contributed by atoms with Crippen molar-refractivity contribution in [1.82, 2.24) is 20.2 Å². The fourth-order valence-electron chi connectivity index (χ4n) is 4.04. The number of thioether (sulfide) groups is 1. The zero-order valence-electron chi connectivity index (χ0n) is 17.8. The summed E-state index contributed by atoms with van der Waals surface area (Å²) in [5.74, 6) is 0.996. The molecule has 0 radical (unpaired) electrons. The average molecular weight is 437 g/mol. The van der Waals surface area contributed by atoms with Gasteiger partial charge in [-0.2, -0.15) is 0 Å². The molecule has 0 atom stereocenters. The Bertz CT molecular complexity index is 1030. The van der Waals surface area contributed by atoms with Crippen LogP contribution in [0.1, 0.15) is 48.3 Å². The van der Waals surface area contributed by atoms with Gasteiger partial charge in [-0.15, -0.1) is 11.8 Å². The molecule has 7 heteroatoms. The summed E-state index contributed by atoms with van der Waals surface area (Å²) in [6, 6.07) is 15.6. The minimum atomic E-state index is -0.170. The lowest BCUT2D eigenvalue weighted by atomic mass is 9.94. The molecule has 0 saturated heterocycles. The number of H-pyrrole nitrogens is 1. The van der Waals surface area contributed by atoms with Gasteiger partial charge in [0.2, 0.25) is 5.91 Å². The van der Waals surface area contributed by atoms with Crippen LogP contribution in [0.3, 0.4) is 0 Å². The minimum Gasteiger partial charge on any atom is -0.345 e. The second kappa shape index (κ2) is 10.0. The molecule has 2 aromatic carbocycles.